The summed E-state index contributed by atoms with van der Waals surface area (Å²) in [6.45, 7) is 1.69. The molecule has 2 rings (SSSR count). The van der Waals surface area contributed by atoms with Crippen LogP contribution >= 0.6 is 0 Å². The maximum Gasteiger partial charge on any atom is 0.243 e. The molecule has 2 aromatic rings. The van der Waals surface area contributed by atoms with Crippen LogP contribution in [0.3, 0.4) is 0 Å². The zero-order valence-electron chi connectivity index (χ0n) is 11.9. The van der Waals surface area contributed by atoms with Crippen molar-refractivity contribution in [3.8, 4) is 0 Å². The second kappa shape index (κ2) is 7.30. The Bertz CT molecular complexity index is 654. The van der Waals surface area contributed by atoms with Crippen molar-refractivity contribution in [1.29, 1.82) is 0 Å². The average molecular weight is 309 g/mol. The fourth-order valence-electron chi connectivity index (χ4n) is 1.79. The van der Waals surface area contributed by atoms with Crippen LogP contribution in [0.15, 0.2) is 41.8 Å². The van der Waals surface area contributed by atoms with Crippen LogP contribution in [0, 0.1) is 0 Å². The third-order valence-electron chi connectivity index (χ3n) is 2.94. The van der Waals surface area contributed by atoms with Crippen molar-refractivity contribution in [3.63, 3.8) is 0 Å². The number of hydrogen-bond donors (Lipinski definition) is 2. The average Bonchev–Trinajstić information content (AvgIpc) is 2.96. The minimum atomic E-state index is -3.51. The predicted octanol–water partition coefficient (Wildman–Crippen LogP) is 0.0185. The molecule has 0 amide bonds. The van der Waals surface area contributed by atoms with Crippen LogP contribution < -0.4 is 10.0 Å². The highest BCUT2D eigenvalue weighted by atomic mass is 32.2. The Hall–Kier alpha value is -1.77. The van der Waals surface area contributed by atoms with Gasteiger partial charge in [0.15, 0.2) is 0 Å². The van der Waals surface area contributed by atoms with Crippen molar-refractivity contribution >= 4 is 10.0 Å². The van der Waals surface area contributed by atoms with Gasteiger partial charge in [0.25, 0.3) is 0 Å². The number of hydrogen-bond acceptors (Lipinski definition) is 5. The summed E-state index contributed by atoms with van der Waals surface area (Å²) in [5.74, 6) is 0. The van der Waals surface area contributed by atoms with Crippen LogP contribution in [0.2, 0.25) is 0 Å². The Kier molecular flexibility index (Phi) is 5.43. The van der Waals surface area contributed by atoms with Gasteiger partial charge in [-0.1, -0.05) is 6.07 Å². The number of nitrogens with zero attached hydrogens (tertiary/aromatic N) is 3. The van der Waals surface area contributed by atoms with E-state index in [1.54, 1.807) is 17.1 Å². The zero-order chi connectivity index (χ0) is 15.1. The van der Waals surface area contributed by atoms with Crippen molar-refractivity contribution in [2.75, 3.05) is 20.1 Å². The summed E-state index contributed by atoms with van der Waals surface area (Å²) in [6, 6.07) is 3.74. The number of rotatable bonds is 8. The van der Waals surface area contributed by atoms with Crippen molar-refractivity contribution < 1.29 is 8.42 Å². The summed E-state index contributed by atoms with van der Waals surface area (Å²) in [7, 11) is -1.67. The molecular weight excluding hydrogens is 290 g/mol. The molecular formula is C13H19N5O2S. The molecule has 21 heavy (non-hydrogen) atoms. The molecule has 0 aliphatic heterocycles. The molecule has 7 nitrogen and oxygen atoms in total. The SMILES string of the molecule is CNCCn1cc(S(=O)(=O)NCCc2cccnc2)cn1. The monoisotopic (exact) mass is 309 g/mol. The minimum absolute atomic E-state index is 0.185. The molecule has 0 aromatic carbocycles. The fourth-order valence-corrected chi connectivity index (χ4v) is 2.77. The van der Waals surface area contributed by atoms with Crippen LogP contribution in [0.5, 0.6) is 0 Å². The van der Waals surface area contributed by atoms with Gasteiger partial charge in [-0.3, -0.25) is 9.67 Å². The largest absolute Gasteiger partial charge is 0.318 e. The minimum Gasteiger partial charge on any atom is -0.318 e. The van der Waals surface area contributed by atoms with Crippen LogP contribution in [0.25, 0.3) is 0 Å². The van der Waals surface area contributed by atoms with Gasteiger partial charge < -0.3 is 5.32 Å². The molecule has 0 aliphatic carbocycles. The fraction of sp³-hybridized carbons (Fsp3) is 0.385. The van der Waals surface area contributed by atoms with Gasteiger partial charge in [0.2, 0.25) is 10.0 Å². The lowest BCUT2D eigenvalue weighted by atomic mass is 10.2. The van der Waals surface area contributed by atoms with E-state index in [9.17, 15) is 8.42 Å². The smallest absolute Gasteiger partial charge is 0.243 e. The molecule has 0 atom stereocenters. The summed E-state index contributed by atoms with van der Waals surface area (Å²) in [4.78, 5) is 4.18. The summed E-state index contributed by atoms with van der Waals surface area (Å²) < 4.78 is 28.4. The topological polar surface area (TPSA) is 88.9 Å². The van der Waals surface area contributed by atoms with E-state index >= 15 is 0 Å². The lowest BCUT2D eigenvalue weighted by Gasteiger charge is -2.04. The zero-order valence-corrected chi connectivity index (χ0v) is 12.7. The van der Waals surface area contributed by atoms with Crippen molar-refractivity contribution in [2.45, 2.75) is 17.9 Å². The van der Waals surface area contributed by atoms with E-state index in [0.717, 1.165) is 12.1 Å². The van der Waals surface area contributed by atoms with Gasteiger partial charge in [-0.15, -0.1) is 0 Å². The summed E-state index contributed by atoms with van der Waals surface area (Å²) in [5.41, 5.74) is 0.991. The molecule has 8 heteroatoms. The van der Waals surface area contributed by atoms with Crippen LogP contribution in [-0.4, -0.2) is 43.3 Å². The van der Waals surface area contributed by atoms with Crippen LogP contribution in [0.4, 0.5) is 0 Å². The molecule has 2 heterocycles. The molecule has 2 N–H and O–H groups in total. The molecule has 114 valence electrons. The van der Waals surface area contributed by atoms with Crippen molar-refractivity contribution in [1.82, 2.24) is 24.8 Å². The first-order valence-electron chi connectivity index (χ1n) is 6.67. The third-order valence-corrected chi connectivity index (χ3v) is 4.35. The highest BCUT2D eigenvalue weighted by molar-refractivity contribution is 7.89. The number of likely N-dealkylation sites (N-methyl/N-ethyl adjacent to an activating group) is 1. The van der Waals surface area contributed by atoms with Gasteiger partial charge in [0.1, 0.15) is 4.90 Å². The normalized spacial score (nSPS) is 11.7. The van der Waals surface area contributed by atoms with E-state index in [1.165, 1.54) is 12.4 Å². The summed E-state index contributed by atoms with van der Waals surface area (Å²) in [6.07, 6.45) is 6.91. The number of nitrogens with one attached hydrogen (secondary N) is 2. The molecule has 0 fully saturated rings. The quantitative estimate of drug-likeness (QED) is 0.717. The molecule has 0 spiro atoms. The van der Waals surface area contributed by atoms with Gasteiger partial charge in [0, 0.05) is 31.7 Å². The molecule has 0 radical (unpaired) electrons. The van der Waals surface area contributed by atoms with Gasteiger partial charge >= 0.3 is 0 Å². The molecule has 2 aromatic heterocycles. The molecule has 0 unspecified atom stereocenters. The Morgan fingerprint density at radius 1 is 1.29 bits per heavy atom. The Morgan fingerprint density at radius 3 is 2.86 bits per heavy atom. The molecule has 0 bridgehead atoms. The van der Waals surface area contributed by atoms with Crippen molar-refractivity contribution in [3.05, 3.63) is 42.5 Å². The number of aromatic nitrogens is 3. The summed E-state index contributed by atoms with van der Waals surface area (Å²) >= 11 is 0. The van der Waals surface area contributed by atoms with Crippen LogP contribution in [0.1, 0.15) is 5.56 Å². The maximum atomic E-state index is 12.1. The van der Waals surface area contributed by atoms with E-state index in [1.807, 2.05) is 19.2 Å². The van der Waals surface area contributed by atoms with E-state index in [4.69, 9.17) is 0 Å². The van der Waals surface area contributed by atoms with Crippen molar-refractivity contribution in [2.24, 2.45) is 0 Å². The first kappa shape index (κ1) is 15.6. The Balaban J connectivity index is 1.90. The first-order chi connectivity index (χ1) is 10.1. The Morgan fingerprint density at radius 2 is 2.14 bits per heavy atom. The van der Waals surface area contributed by atoms with E-state index in [-0.39, 0.29) is 4.90 Å². The highest BCUT2D eigenvalue weighted by Crippen LogP contribution is 2.07. The standard InChI is InChI=1S/C13H19N5O2S/c1-14-7-8-18-11-13(10-16-18)21(19,20)17-6-4-12-3-2-5-15-9-12/h2-3,5,9-11,14,17H,4,6-8H2,1H3. The second-order valence-electron chi connectivity index (χ2n) is 4.55. The lowest BCUT2D eigenvalue weighted by Crippen LogP contribution is -2.25. The van der Waals surface area contributed by atoms with Gasteiger partial charge in [-0.05, 0) is 25.1 Å². The van der Waals surface area contributed by atoms with Gasteiger partial charge in [-0.25, -0.2) is 13.1 Å². The summed E-state index contributed by atoms with van der Waals surface area (Å²) in [5, 5.41) is 7.02. The molecule has 0 aliphatic rings. The molecule has 0 saturated heterocycles. The van der Waals surface area contributed by atoms with E-state index < -0.39 is 10.0 Å². The van der Waals surface area contributed by atoms with Gasteiger partial charge in [0.05, 0.1) is 12.7 Å². The van der Waals surface area contributed by atoms with E-state index in [2.05, 4.69) is 20.1 Å². The van der Waals surface area contributed by atoms with Gasteiger partial charge in [-0.2, -0.15) is 5.10 Å². The number of pyridine rings is 1. The highest BCUT2D eigenvalue weighted by Gasteiger charge is 2.15. The lowest BCUT2D eigenvalue weighted by molar-refractivity contribution is 0.576. The van der Waals surface area contributed by atoms with Crippen LogP contribution in [-0.2, 0) is 23.0 Å². The third kappa shape index (κ3) is 4.62. The first-order valence-corrected chi connectivity index (χ1v) is 8.16. The Labute approximate surface area is 124 Å². The number of sulfonamides is 1. The van der Waals surface area contributed by atoms with E-state index in [0.29, 0.717) is 19.5 Å². The second-order valence-corrected chi connectivity index (χ2v) is 6.32. The predicted molar refractivity (Wildman–Crippen MR) is 79.3 cm³/mol. The maximum absolute atomic E-state index is 12.1. The molecule has 0 saturated carbocycles.